The van der Waals surface area contributed by atoms with Gasteiger partial charge in [0, 0.05) is 15.0 Å². The predicted octanol–water partition coefficient (Wildman–Crippen LogP) is 5.38. The summed E-state index contributed by atoms with van der Waals surface area (Å²) in [7, 11) is 3.64. The van der Waals surface area contributed by atoms with Gasteiger partial charge in [-0.25, -0.2) is 0 Å². The number of rotatable bonds is 5. The van der Waals surface area contributed by atoms with Gasteiger partial charge in [-0.05, 0) is 70.9 Å². The zero-order valence-electron chi connectivity index (χ0n) is 11.8. The van der Waals surface area contributed by atoms with Crippen LogP contribution in [0.4, 0.5) is 0 Å². The summed E-state index contributed by atoms with van der Waals surface area (Å²) in [6.07, 6.45) is 0.850. The lowest BCUT2D eigenvalue weighted by atomic mass is 9.99. The van der Waals surface area contributed by atoms with Gasteiger partial charge in [0.15, 0.2) is 0 Å². The average molecular weight is 434 g/mol. The van der Waals surface area contributed by atoms with E-state index in [1.807, 2.05) is 31.3 Å². The molecule has 0 fully saturated rings. The Morgan fingerprint density at radius 2 is 1.90 bits per heavy atom. The summed E-state index contributed by atoms with van der Waals surface area (Å²) in [5.74, 6) is 0.861. The van der Waals surface area contributed by atoms with Gasteiger partial charge in [-0.2, -0.15) is 0 Å². The van der Waals surface area contributed by atoms with Crippen molar-refractivity contribution in [3.05, 3.63) is 61.5 Å². The highest BCUT2D eigenvalue weighted by Gasteiger charge is 2.14. The molecular formula is C16H16Br2ClNO. The average Bonchev–Trinajstić information content (AvgIpc) is 2.49. The van der Waals surface area contributed by atoms with E-state index in [1.54, 1.807) is 7.11 Å². The van der Waals surface area contributed by atoms with E-state index in [0.717, 1.165) is 26.1 Å². The number of ether oxygens (including phenoxy) is 1. The summed E-state index contributed by atoms with van der Waals surface area (Å²) >= 11 is 13.1. The minimum Gasteiger partial charge on any atom is -0.497 e. The topological polar surface area (TPSA) is 21.3 Å². The van der Waals surface area contributed by atoms with Crippen molar-refractivity contribution in [3.63, 3.8) is 0 Å². The van der Waals surface area contributed by atoms with E-state index in [-0.39, 0.29) is 6.04 Å². The molecule has 112 valence electrons. The Labute approximate surface area is 147 Å². The Morgan fingerprint density at radius 1 is 1.14 bits per heavy atom. The van der Waals surface area contributed by atoms with Crippen LogP contribution in [-0.2, 0) is 6.42 Å². The smallest absolute Gasteiger partial charge is 0.119 e. The number of methoxy groups -OCH3 is 1. The molecular weight excluding hydrogens is 417 g/mol. The number of likely N-dealkylation sites (N-methyl/N-ethyl adjacent to an activating group) is 1. The third-order valence-corrected chi connectivity index (χ3v) is 5.36. The van der Waals surface area contributed by atoms with Crippen LogP contribution in [-0.4, -0.2) is 14.2 Å². The first-order valence-electron chi connectivity index (χ1n) is 6.49. The summed E-state index contributed by atoms with van der Waals surface area (Å²) in [6.45, 7) is 0. The Bertz CT molecular complexity index is 634. The summed E-state index contributed by atoms with van der Waals surface area (Å²) in [4.78, 5) is 0. The molecule has 0 spiro atoms. The molecule has 0 bridgehead atoms. The SMILES string of the molecule is CNC(Cc1cc(OC)ccc1Br)c1ccc(Cl)c(Br)c1. The molecule has 2 aromatic rings. The van der Waals surface area contributed by atoms with Crippen molar-refractivity contribution in [2.45, 2.75) is 12.5 Å². The maximum atomic E-state index is 6.06. The fraction of sp³-hybridized carbons (Fsp3) is 0.250. The summed E-state index contributed by atoms with van der Waals surface area (Å²) in [5.41, 5.74) is 2.38. The molecule has 0 radical (unpaired) electrons. The molecule has 2 nitrogen and oxygen atoms in total. The van der Waals surface area contributed by atoms with Crippen LogP contribution in [0.25, 0.3) is 0 Å². The molecule has 1 unspecified atom stereocenters. The number of nitrogens with one attached hydrogen (secondary N) is 1. The van der Waals surface area contributed by atoms with Crippen LogP contribution in [0.2, 0.25) is 5.02 Å². The van der Waals surface area contributed by atoms with Gasteiger partial charge >= 0.3 is 0 Å². The first-order valence-corrected chi connectivity index (χ1v) is 8.46. The van der Waals surface area contributed by atoms with Gasteiger partial charge in [0.25, 0.3) is 0 Å². The van der Waals surface area contributed by atoms with Crippen LogP contribution >= 0.6 is 43.5 Å². The van der Waals surface area contributed by atoms with Gasteiger partial charge in [-0.15, -0.1) is 0 Å². The Hall–Kier alpha value is -0.550. The normalized spacial score (nSPS) is 12.2. The lowest BCUT2D eigenvalue weighted by molar-refractivity contribution is 0.414. The van der Waals surface area contributed by atoms with Crippen LogP contribution in [0.3, 0.4) is 0 Å². The largest absolute Gasteiger partial charge is 0.497 e. The Balaban J connectivity index is 2.28. The van der Waals surface area contributed by atoms with E-state index in [2.05, 4.69) is 49.3 Å². The molecule has 0 aliphatic rings. The molecule has 21 heavy (non-hydrogen) atoms. The molecule has 0 amide bonds. The van der Waals surface area contributed by atoms with Crippen molar-refractivity contribution in [2.24, 2.45) is 0 Å². The molecule has 1 N–H and O–H groups in total. The molecule has 0 saturated heterocycles. The summed E-state index contributed by atoms with van der Waals surface area (Å²) in [6, 6.07) is 12.2. The highest BCUT2D eigenvalue weighted by molar-refractivity contribution is 9.10. The summed E-state index contributed by atoms with van der Waals surface area (Å²) < 4.78 is 7.29. The minimum atomic E-state index is 0.196. The first kappa shape index (κ1) is 16.8. The van der Waals surface area contributed by atoms with E-state index in [0.29, 0.717) is 0 Å². The highest BCUT2D eigenvalue weighted by atomic mass is 79.9. The number of hydrogen-bond donors (Lipinski definition) is 1. The molecule has 0 heterocycles. The second kappa shape index (κ2) is 7.63. The van der Waals surface area contributed by atoms with Gasteiger partial charge < -0.3 is 10.1 Å². The van der Waals surface area contributed by atoms with Gasteiger partial charge in [0.05, 0.1) is 12.1 Å². The third kappa shape index (κ3) is 4.22. The van der Waals surface area contributed by atoms with Crippen LogP contribution in [0.15, 0.2) is 45.3 Å². The summed E-state index contributed by atoms with van der Waals surface area (Å²) in [5, 5.41) is 4.07. The second-order valence-electron chi connectivity index (χ2n) is 4.68. The quantitative estimate of drug-likeness (QED) is 0.684. The molecule has 5 heteroatoms. The minimum absolute atomic E-state index is 0.196. The van der Waals surface area contributed by atoms with Crippen LogP contribution in [0.1, 0.15) is 17.2 Å². The lowest BCUT2D eigenvalue weighted by Crippen LogP contribution is -2.19. The highest BCUT2D eigenvalue weighted by Crippen LogP contribution is 2.30. The lowest BCUT2D eigenvalue weighted by Gasteiger charge is -2.19. The van der Waals surface area contributed by atoms with E-state index >= 15 is 0 Å². The zero-order chi connectivity index (χ0) is 15.4. The van der Waals surface area contributed by atoms with Crippen molar-refractivity contribution in [1.82, 2.24) is 5.32 Å². The van der Waals surface area contributed by atoms with E-state index in [9.17, 15) is 0 Å². The molecule has 0 aliphatic carbocycles. The first-order chi connectivity index (χ1) is 10.0. The zero-order valence-corrected chi connectivity index (χ0v) is 15.7. The van der Waals surface area contributed by atoms with Crippen LogP contribution < -0.4 is 10.1 Å². The van der Waals surface area contributed by atoms with Gasteiger partial charge in [0.2, 0.25) is 0 Å². The molecule has 0 aliphatic heterocycles. The second-order valence-corrected chi connectivity index (χ2v) is 6.79. The number of hydrogen-bond acceptors (Lipinski definition) is 2. The van der Waals surface area contributed by atoms with Crippen LogP contribution in [0, 0.1) is 0 Å². The van der Waals surface area contributed by atoms with Crippen molar-refractivity contribution < 1.29 is 4.74 Å². The fourth-order valence-electron chi connectivity index (χ4n) is 2.17. The van der Waals surface area contributed by atoms with Crippen molar-refractivity contribution in [2.75, 3.05) is 14.2 Å². The molecule has 1 atom stereocenters. The third-order valence-electron chi connectivity index (χ3n) is 3.37. The maximum Gasteiger partial charge on any atom is 0.119 e. The Morgan fingerprint density at radius 3 is 2.52 bits per heavy atom. The van der Waals surface area contributed by atoms with E-state index in [4.69, 9.17) is 16.3 Å². The molecule has 0 aromatic heterocycles. The monoisotopic (exact) mass is 431 g/mol. The predicted molar refractivity (Wildman–Crippen MR) is 95.4 cm³/mol. The maximum absolute atomic E-state index is 6.06. The van der Waals surface area contributed by atoms with Crippen LogP contribution in [0.5, 0.6) is 5.75 Å². The van der Waals surface area contributed by atoms with E-state index < -0.39 is 0 Å². The standard InChI is InChI=1S/C16H16Br2ClNO/c1-20-16(10-3-6-15(19)14(18)8-10)9-11-7-12(21-2)4-5-13(11)17/h3-8,16,20H,9H2,1-2H3. The van der Waals surface area contributed by atoms with Crippen molar-refractivity contribution >= 4 is 43.5 Å². The van der Waals surface area contributed by atoms with Crippen molar-refractivity contribution in [3.8, 4) is 5.75 Å². The van der Waals surface area contributed by atoms with E-state index in [1.165, 1.54) is 11.1 Å². The van der Waals surface area contributed by atoms with Crippen molar-refractivity contribution in [1.29, 1.82) is 0 Å². The number of halogens is 3. The van der Waals surface area contributed by atoms with Gasteiger partial charge in [-0.3, -0.25) is 0 Å². The molecule has 2 rings (SSSR count). The fourth-order valence-corrected chi connectivity index (χ4v) is 3.09. The molecule has 0 saturated carbocycles. The Kier molecular flexibility index (Phi) is 6.11. The number of benzene rings is 2. The molecule has 2 aromatic carbocycles. The van der Waals surface area contributed by atoms with Gasteiger partial charge in [-0.1, -0.05) is 33.6 Å². The van der Waals surface area contributed by atoms with Gasteiger partial charge in [0.1, 0.15) is 5.75 Å².